The van der Waals surface area contributed by atoms with Gasteiger partial charge in [0.15, 0.2) is 0 Å². The Morgan fingerprint density at radius 2 is 2.36 bits per heavy atom. The molecule has 0 unspecified atom stereocenters. The minimum Gasteiger partial charge on any atom is -0.290 e. The zero-order valence-electron chi connectivity index (χ0n) is 6.73. The highest BCUT2D eigenvalue weighted by Crippen LogP contribution is 2.19. The number of carbonyl (C=O) groups excluding carboxylic acids is 1. The molecule has 0 aliphatic heterocycles. The van der Waals surface area contributed by atoms with Crippen molar-refractivity contribution in [3.8, 4) is 0 Å². The van der Waals surface area contributed by atoms with Crippen molar-refractivity contribution >= 4 is 23.2 Å². The van der Waals surface area contributed by atoms with Gasteiger partial charge < -0.3 is 0 Å². The number of nitro groups is 1. The van der Waals surface area contributed by atoms with E-state index in [4.69, 9.17) is 17.4 Å². The van der Waals surface area contributed by atoms with E-state index in [0.717, 1.165) is 12.3 Å². The van der Waals surface area contributed by atoms with Crippen LogP contribution in [0.2, 0.25) is 5.15 Å². The molecule has 0 aliphatic carbocycles. The molecule has 74 valence electrons. The van der Waals surface area contributed by atoms with E-state index >= 15 is 0 Å². The Hall–Kier alpha value is -1.73. The first kappa shape index (κ1) is 10.4. The highest BCUT2D eigenvalue weighted by molar-refractivity contribution is 6.29. The lowest BCUT2D eigenvalue weighted by molar-refractivity contribution is -0.385. The van der Waals surface area contributed by atoms with Crippen LogP contribution in [-0.2, 0) is 0 Å². The third kappa shape index (κ3) is 1.95. The molecule has 7 nitrogen and oxygen atoms in total. The van der Waals surface area contributed by atoms with Crippen molar-refractivity contribution in [1.82, 2.24) is 10.4 Å². The van der Waals surface area contributed by atoms with E-state index in [1.54, 1.807) is 5.43 Å². The minimum absolute atomic E-state index is 0.0193. The second-order valence-electron chi connectivity index (χ2n) is 2.25. The first-order valence-corrected chi connectivity index (χ1v) is 3.75. The maximum absolute atomic E-state index is 11.1. The van der Waals surface area contributed by atoms with Crippen molar-refractivity contribution in [2.75, 3.05) is 0 Å². The van der Waals surface area contributed by atoms with Gasteiger partial charge in [0.25, 0.3) is 11.6 Å². The molecule has 1 aromatic heterocycles. The molecule has 0 bridgehead atoms. The highest BCUT2D eigenvalue weighted by atomic mass is 35.5. The first-order valence-electron chi connectivity index (χ1n) is 3.37. The summed E-state index contributed by atoms with van der Waals surface area (Å²) in [6.07, 6.45) is 0.896. The summed E-state index contributed by atoms with van der Waals surface area (Å²) in [6, 6.07) is 1.07. The van der Waals surface area contributed by atoms with Crippen LogP contribution in [0.15, 0.2) is 12.3 Å². The fraction of sp³-hybridized carbons (Fsp3) is 0. The predicted molar refractivity (Wildman–Crippen MR) is 47.6 cm³/mol. The van der Waals surface area contributed by atoms with Gasteiger partial charge in [-0.3, -0.25) is 20.3 Å². The van der Waals surface area contributed by atoms with Crippen LogP contribution in [0.4, 0.5) is 5.69 Å². The number of hydrogen-bond donors (Lipinski definition) is 2. The van der Waals surface area contributed by atoms with Crippen LogP contribution in [-0.4, -0.2) is 15.8 Å². The number of carbonyl (C=O) groups is 1. The molecule has 0 fully saturated rings. The number of nitrogens with zero attached hydrogens (tertiary/aromatic N) is 2. The standard InChI is InChI=1S/C6H5ClN4O3/c7-5-1-3(6(12)10-8)4(2-9-5)11(13)14/h1-2H,8H2,(H,10,12). The van der Waals surface area contributed by atoms with Crippen molar-refractivity contribution in [1.29, 1.82) is 0 Å². The third-order valence-electron chi connectivity index (χ3n) is 1.42. The Labute approximate surface area is 83.0 Å². The summed E-state index contributed by atoms with van der Waals surface area (Å²) in [5.74, 6) is 4.05. The number of nitrogens with two attached hydrogens (primary N) is 1. The average Bonchev–Trinajstić information content (AvgIpc) is 2.16. The van der Waals surface area contributed by atoms with Crippen molar-refractivity contribution in [2.45, 2.75) is 0 Å². The van der Waals surface area contributed by atoms with Gasteiger partial charge >= 0.3 is 0 Å². The second kappa shape index (κ2) is 3.99. The Morgan fingerprint density at radius 3 is 2.86 bits per heavy atom. The van der Waals surface area contributed by atoms with Crippen LogP contribution in [0.25, 0.3) is 0 Å². The van der Waals surface area contributed by atoms with E-state index in [1.807, 2.05) is 0 Å². The first-order chi connectivity index (χ1) is 6.56. The smallest absolute Gasteiger partial charge is 0.290 e. The van der Waals surface area contributed by atoms with E-state index < -0.39 is 16.5 Å². The number of amides is 1. The minimum atomic E-state index is -0.791. The highest BCUT2D eigenvalue weighted by Gasteiger charge is 2.20. The summed E-state index contributed by atoms with van der Waals surface area (Å²) in [6.45, 7) is 0. The monoisotopic (exact) mass is 216 g/mol. The largest absolute Gasteiger partial charge is 0.300 e. The fourth-order valence-electron chi connectivity index (χ4n) is 0.828. The van der Waals surface area contributed by atoms with E-state index in [2.05, 4.69) is 4.98 Å². The number of pyridine rings is 1. The van der Waals surface area contributed by atoms with Gasteiger partial charge in [0.1, 0.15) is 16.9 Å². The molecule has 1 amide bonds. The van der Waals surface area contributed by atoms with Crippen LogP contribution in [0.1, 0.15) is 10.4 Å². The molecule has 8 heteroatoms. The summed E-state index contributed by atoms with van der Waals surface area (Å²) in [5, 5.41) is 10.4. The predicted octanol–water partition coefficient (Wildman–Crippen LogP) is 0.247. The molecule has 1 aromatic rings. The number of nitrogens with one attached hydrogen (secondary N) is 1. The summed E-state index contributed by atoms with van der Waals surface area (Å²) in [7, 11) is 0. The molecule has 1 heterocycles. The summed E-state index contributed by atoms with van der Waals surface area (Å²) >= 11 is 5.47. The van der Waals surface area contributed by atoms with Gasteiger partial charge in [-0.1, -0.05) is 11.6 Å². The lowest BCUT2D eigenvalue weighted by Crippen LogP contribution is -2.30. The molecule has 0 aliphatic rings. The van der Waals surface area contributed by atoms with Crippen molar-refractivity contribution in [3.63, 3.8) is 0 Å². The lowest BCUT2D eigenvalue weighted by atomic mass is 10.2. The van der Waals surface area contributed by atoms with Gasteiger partial charge in [-0.2, -0.15) is 0 Å². The number of hydrazine groups is 1. The summed E-state index contributed by atoms with van der Waals surface area (Å²) in [5.41, 5.74) is 1.10. The molecule has 0 atom stereocenters. The van der Waals surface area contributed by atoms with Gasteiger partial charge in [-0.15, -0.1) is 0 Å². The third-order valence-corrected chi connectivity index (χ3v) is 1.63. The van der Waals surface area contributed by atoms with Crippen LogP contribution in [0.5, 0.6) is 0 Å². The lowest BCUT2D eigenvalue weighted by Gasteiger charge is -2.00. The van der Waals surface area contributed by atoms with E-state index in [-0.39, 0.29) is 10.7 Å². The Kier molecular flexibility index (Phi) is 2.95. The molecule has 1 rings (SSSR count). The molecule has 0 radical (unpaired) electrons. The van der Waals surface area contributed by atoms with E-state index in [9.17, 15) is 14.9 Å². The van der Waals surface area contributed by atoms with Crippen LogP contribution in [0.3, 0.4) is 0 Å². The van der Waals surface area contributed by atoms with Crippen molar-refractivity contribution in [2.24, 2.45) is 5.84 Å². The molecule has 0 saturated carbocycles. The Balaban J connectivity index is 3.29. The van der Waals surface area contributed by atoms with Crippen molar-refractivity contribution in [3.05, 3.63) is 33.1 Å². The summed E-state index contributed by atoms with van der Waals surface area (Å²) in [4.78, 5) is 24.3. The SMILES string of the molecule is NNC(=O)c1cc(Cl)ncc1[N+](=O)[O-]. The Bertz CT molecular complexity index is 395. The molecular formula is C6H5ClN4O3. The van der Waals surface area contributed by atoms with Crippen LogP contribution >= 0.6 is 11.6 Å². The fourth-order valence-corrected chi connectivity index (χ4v) is 0.986. The number of halogens is 1. The molecule has 14 heavy (non-hydrogen) atoms. The van der Waals surface area contributed by atoms with E-state index in [1.165, 1.54) is 0 Å². The molecule has 3 N–H and O–H groups in total. The number of nitrogen functional groups attached to an aromatic ring is 1. The van der Waals surface area contributed by atoms with Gasteiger partial charge in [0.2, 0.25) is 0 Å². The van der Waals surface area contributed by atoms with Crippen LogP contribution < -0.4 is 11.3 Å². The second-order valence-corrected chi connectivity index (χ2v) is 2.64. The quantitative estimate of drug-likeness (QED) is 0.242. The topological polar surface area (TPSA) is 111 Å². The molecular weight excluding hydrogens is 212 g/mol. The van der Waals surface area contributed by atoms with Gasteiger partial charge in [0, 0.05) is 0 Å². The van der Waals surface area contributed by atoms with Gasteiger partial charge in [-0.25, -0.2) is 10.8 Å². The number of aromatic nitrogens is 1. The average molecular weight is 217 g/mol. The van der Waals surface area contributed by atoms with Crippen molar-refractivity contribution < 1.29 is 9.72 Å². The molecule has 0 spiro atoms. The Morgan fingerprint density at radius 1 is 1.71 bits per heavy atom. The number of rotatable bonds is 2. The van der Waals surface area contributed by atoms with E-state index in [0.29, 0.717) is 0 Å². The van der Waals surface area contributed by atoms with Gasteiger partial charge in [0.05, 0.1) is 4.92 Å². The molecule has 0 saturated heterocycles. The maximum Gasteiger partial charge on any atom is 0.300 e. The summed E-state index contributed by atoms with van der Waals surface area (Å²) < 4.78 is 0. The van der Waals surface area contributed by atoms with Gasteiger partial charge in [-0.05, 0) is 6.07 Å². The zero-order valence-corrected chi connectivity index (χ0v) is 7.49. The zero-order chi connectivity index (χ0) is 10.7. The number of hydrogen-bond acceptors (Lipinski definition) is 5. The van der Waals surface area contributed by atoms with Crippen LogP contribution in [0, 0.1) is 10.1 Å². The normalized spacial score (nSPS) is 9.57. The molecule has 0 aromatic carbocycles. The maximum atomic E-state index is 11.1.